The average Bonchev–Trinajstić information content (AvgIpc) is 3.10. The lowest BCUT2D eigenvalue weighted by molar-refractivity contribution is 0.0807. The third-order valence-corrected chi connectivity index (χ3v) is 5.04. The number of aromatic nitrogens is 1. The highest BCUT2D eigenvalue weighted by Crippen LogP contribution is 2.38. The van der Waals surface area contributed by atoms with Crippen molar-refractivity contribution in [2.45, 2.75) is 65.0 Å². The van der Waals surface area contributed by atoms with Gasteiger partial charge in [-0.15, -0.1) is 0 Å². The lowest BCUT2D eigenvalue weighted by Crippen LogP contribution is -2.44. The molecule has 2 aliphatic rings. The normalized spacial score (nSPS) is 31.1. The number of rotatable bonds is 3. The summed E-state index contributed by atoms with van der Waals surface area (Å²) in [6.07, 6.45) is 6.41. The first-order chi connectivity index (χ1) is 10.5. The zero-order valence-corrected chi connectivity index (χ0v) is 13.7. The molecule has 22 heavy (non-hydrogen) atoms. The van der Waals surface area contributed by atoms with Crippen LogP contribution >= 0.6 is 0 Å². The topological polar surface area (TPSA) is 64.4 Å². The van der Waals surface area contributed by atoms with Gasteiger partial charge in [-0.3, -0.25) is 4.79 Å². The molecular formula is C17H26N2O3. The summed E-state index contributed by atoms with van der Waals surface area (Å²) < 4.78 is 11.0. The van der Waals surface area contributed by atoms with E-state index in [9.17, 15) is 4.79 Å². The predicted molar refractivity (Wildman–Crippen MR) is 82.5 cm³/mol. The number of amides is 1. The standard InChI is InChI=1S/C17H26N2O3/c1-11-9-17(2,3)7-6-12(11)19-16(20)14-15(22-10-18-14)13-5-4-8-21-13/h10-13H,4-9H2,1-3H3,(H,19,20)/t11-,12-,13-/m1/s1. The quantitative estimate of drug-likeness (QED) is 0.928. The van der Waals surface area contributed by atoms with Crippen LogP contribution in [0.25, 0.3) is 0 Å². The van der Waals surface area contributed by atoms with Gasteiger partial charge in [0.05, 0.1) is 0 Å². The molecule has 1 saturated carbocycles. The molecule has 2 fully saturated rings. The largest absolute Gasteiger partial charge is 0.445 e. The number of carbonyl (C=O) groups excluding carboxylic acids is 1. The second-order valence-electron chi connectivity index (χ2n) is 7.53. The fourth-order valence-electron chi connectivity index (χ4n) is 3.84. The van der Waals surface area contributed by atoms with E-state index < -0.39 is 0 Å². The molecule has 0 bridgehead atoms. The Morgan fingerprint density at radius 1 is 1.41 bits per heavy atom. The Labute approximate surface area is 131 Å². The highest BCUT2D eigenvalue weighted by Gasteiger charge is 2.35. The molecule has 0 unspecified atom stereocenters. The van der Waals surface area contributed by atoms with Crippen molar-refractivity contribution in [3.8, 4) is 0 Å². The first kappa shape index (κ1) is 15.5. The van der Waals surface area contributed by atoms with Crippen LogP contribution in [0.1, 0.15) is 75.2 Å². The monoisotopic (exact) mass is 306 g/mol. The second-order valence-corrected chi connectivity index (χ2v) is 7.53. The molecule has 0 radical (unpaired) electrons. The van der Waals surface area contributed by atoms with Crippen LogP contribution in [0.15, 0.2) is 10.8 Å². The number of hydrogen-bond donors (Lipinski definition) is 1. The van der Waals surface area contributed by atoms with Gasteiger partial charge in [0.15, 0.2) is 17.8 Å². The van der Waals surface area contributed by atoms with Crippen LogP contribution in [0, 0.1) is 11.3 Å². The van der Waals surface area contributed by atoms with Crippen LogP contribution in [-0.4, -0.2) is 23.5 Å². The zero-order chi connectivity index (χ0) is 15.7. The highest BCUT2D eigenvalue weighted by molar-refractivity contribution is 5.93. The van der Waals surface area contributed by atoms with E-state index >= 15 is 0 Å². The average molecular weight is 306 g/mol. The molecule has 1 aromatic heterocycles. The maximum absolute atomic E-state index is 12.6. The van der Waals surface area contributed by atoms with Crippen molar-refractivity contribution in [1.82, 2.24) is 10.3 Å². The van der Waals surface area contributed by atoms with E-state index in [4.69, 9.17) is 9.15 Å². The molecule has 0 spiro atoms. The summed E-state index contributed by atoms with van der Waals surface area (Å²) in [4.78, 5) is 16.7. The molecule has 3 rings (SSSR count). The first-order valence-electron chi connectivity index (χ1n) is 8.32. The fraction of sp³-hybridized carbons (Fsp3) is 0.765. The van der Waals surface area contributed by atoms with E-state index in [1.54, 1.807) is 0 Å². The van der Waals surface area contributed by atoms with Crippen molar-refractivity contribution in [2.75, 3.05) is 6.61 Å². The molecule has 122 valence electrons. The van der Waals surface area contributed by atoms with Crippen LogP contribution in [0.2, 0.25) is 0 Å². The maximum Gasteiger partial charge on any atom is 0.273 e. The van der Waals surface area contributed by atoms with E-state index in [-0.39, 0.29) is 18.1 Å². The maximum atomic E-state index is 12.6. The molecule has 3 atom stereocenters. The van der Waals surface area contributed by atoms with Crippen LogP contribution in [0.4, 0.5) is 0 Å². The molecule has 1 aromatic rings. The Balaban J connectivity index is 1.66. The molecule has 2 heterocycles. The Morgan fingerprint density at radius 3 is 2.91 bits per heavy atom. The number of nitrogens with zero attached hydrogens (tertiary/aromatic N) is 1. The van der Waals surface area contributed by atoms with Crippen molar-refractivity contribution in [3.63, 3.8) is 0 Å². The van der Waals surface area contributed by atoms with Gasteiger partial charge in [-0.1, -0.05) is 20.8 Å². The van der Waals surface area contributed by atoms with Gasteiger partial charge in [-0.25, -0.2) is 4.98 Å². The van der Waals surface area contributed by atoms with E-state index in [2.05, 4.69) is 31.1 Å². The summed E-state index contributed by atoms with van der Waals surface area (Å²) in [5.74, 6) is 0.931. The van der Waals surface area contributed by atoms with Crippen molar-refractivity contribution < 1.29 is 13.9 Å². The summed E-state index contributed by atoms with van der Waals surface area (Å²) in [5.41, 5.74) is 0.765. The van der Waals surface area contributed by atoms with Crippen molar-refractivity contribution >= 4 is 5.91 Å². The Hall–Kier alpha value is -1.36. The minimum Gasteiger partial charge on any atom is -0.445 e. The number of oxazole rings is 1. The van der Waals surface area contributed by atoms with Gasteiger partial charge >= 0.3 is 0 Å². The van der Waals surface area contributed by atoms with E-state index in [0.717, 1.165) is 38.7 Å². The van der Waals surface area contributed by atoms with E-state index in [1.807, 2.05) is 0 Å². The molecule has 1 amide bonds. The van der Waals surface area contributed by atoms with Crippen LogP contribution in [-0.2, 0) is 4.74 Å². The molecule has 5 nitrogen and oxygen atoms in total. The summed E-state index contributed by atoms with van der Waals surface area (Å²) in [6.45, 7) is 7.54. The lowest BCUT2D eigenvalue weighted by atomic mass is 9.70. The van der Waals surface area contributed by atoms with Gasteiger partial charge < -0.3 is 14.5 Å². The van der Waals surface area contributed by atoms with Crippen molar-refractivity contribution in [2.24, 2.45) is 11.3 Å². The second kappa shape index (κ2) is 6.03. The molecular weight excluding hydrogens is 280 g/mol. The predicted octanol–water partition coefficient (Wildman–Crippen LogP) is 3.47. The zero-order valence-electron chi connectivity index (χ0n) is 13.7. The molecule has 1 saturated heterocycles. The highest BCUT2D eigenvalue weighted by atomic mass is 16.5. The number of hydrogen-bond acceptors (Lipinski definition) is 4. The van der Waals surface area contributed by atoms with Crippen molar-refractivity contribution in [1.29, 1.82) is 0 Å². The molecule has 1 N–H and O–H groups in total. The number of nitrogens with one attached hydrogen (secondary N) is 1. The molecule has 1 aliphatic carbocycles. The number of ether oxygens (including phenoxy) is 1. The van der Waals surface area contributed by atoms with Gasteiger partial charge in [-0.2, -0.15) is 0 Å². The van der Waals surface area contributed by atoms with Crippen molar-refractivity contribution in [3.05, 3.63) is 17.8 Å². The van der Waals surface area contributed by atoms with Crippen LogP contribution in [0.5, 0.6) is 0 Å². The molecule has 1 aliphatic heterocycles. The minimum atomic E-state index is -0.129. The van der Waals surface area contributed by atoms with Crippen LogP contribution < -0.4 is 5.32 Å². The summed E-state index contributed by atoms with van der Waals surface area (Å²) in [7, 11) is 0. The lowest BCUT2D eigenvalue weighted by Gasteiger charge is -2.39. The smallest absolute Gasteiger partial charge is 0.273 e. The number of carbonyl (C=O) groups is 1. The van der Waals surface area contributed by atoms with Gasteiger partial charge in [0.2, 0.25) is 0 Å². The van der Waals surface area contributed by atoms with Gasteiger partial charge in [0, 0.05) is 12.6 Å². The Bertz CT molecular complexity index is 532. The Morgan fingerprint density at radius 2 is 2.23 bits per heavy atom. The molecule has 5 heteroatoms. The summed E-state index contributed by atoms with van der Waals surface area (Å²) in [6, 6.07) is 0.217. The fourth-order valence-corrected chi connectivity index (χ4v) is 3.84. The van der Waals surface area contributed by atoms with Crippen LogP contribution in [0.3, 0.4) is 0 Å². The minimum absolute atomic E-state index is 0.119. The summed E-state index contributed by atoms with van der Waals surface area (Å²) >= 11 is 0. The van der Waals surface area contributed by atoms with Gasteiger partial charge in [-0.05, 0) is 43.4 Å². The van der Waals surface area contributed by atoms with E-state index in [0.29, 0.717) is 22.8 Å². The van der Waals surface area contributed by atoms with Gasteiger partial charge in [0.1, 0.15) is 6.10 Å². The van der Waals surface area contributed by atoms with E-state index in [1.165, 1.54) is 6.39 Å². The third-order valence-electron chi connectivity index (χ3n) is 5.04. The first-order valence-corrected chi connectivity index (χ1v) is 8.32. The SMILES string of the molecule is C[C@@H]1CC(C)(C)CC[C@H]1NC(=O)c1ncoc1[C@H]1CCCO1. The summed E-state index contributed by atoms with van der Waals surface area (Å²) in [5, 5.41) is 3.16. The van der Waals surface area contributed by atoms with Gasteiger partial charge in [0.25, 0.3) is 5.91 Å². The Kier molecular flexibility index (Phi) is 4.26. The molecule has 0 aromatic carbocycles. The third kappa shape index (κ3) is 3.19.